The zero-order chi connectivity index (χ0) is 15.8. The van der Waals surface area contributed by atoms with Crippen LogP contribution in [0.3, 0.4) is 0 Å². The van der Waals surface area contributed by atoms with Crippen molar-refractivity contribution in [1.29, 1.82) is 0 Å². The van der Waals surface area contributed by atoms with Crippen molar-refractivity contribution in [3.63, 3.8) is 0 Å². The molecule has 0 spiro atoms. The number of halogens is 1. The average molecular weight is 385 g/mol. The van der Waals surface area contributed by atoms with Crippen LogP contribution in [0, 0.1) is 0 Å². The van der Waals surface area contributed by atoms with Crippen LogP contribution in [0.5, 0.6) is 0 Å². The molecule has 0 aliphatic carbocycles. The highest BCUT2D eigenvalue weighted by atomic mass is 79.9. The van der Waals surface area contributed by atoms with Crippen LogP contribution < -0.4 is 10.1 Å². The van der Waals surface area contributed by atoms with Gasteiger partial charge < -0.3 is 0 Å². The SMILES string of the molecule is O=c1/c(=C/c2cccc(Br)c2)sc2nc(-c3ccncc3)nn12. The van der Waals surface area contributed by atoms with E-state index in [4.69, 9.17) is 0 Å². The largest absolute Gasteiger partial charge is 0.291 e. The fourth-order valence-electron chi connectivity index (χ4n) is 2.20. The average Bonchev–Trinajstić information content (AvgIpc) is 3.09. The first-order valence-electron chi connectivity index (χ1n) is 6.78. The number of thiazole rings is 1. The van der Waals surface area contributed by atoms with Gasteiger partial charge in [-0.1, -0.05) is 39.4 Å². The zero-order valence-electron chi connectivity index (χ0n) is 11.7. The lowest BCUT2D eigenvalue weighted by Crippen LogP contribution is -2.23. The number of pyridine rings is 1. The molecule has 0 saturated heterocycles. The molecule has 0 aliphatic rings. The fraction of sp³-hybridized carbons (Fsp3) is 0. The lowest BCUT2D eigenvalue weighted by atomic mass is 10.2. The van der Waals surface area contributed by atoms with E-state index in [0.717, 1.165) is 15.6 Å². The summed E-state index contributed by atoms with van der Waals surface area (Å²) in [5, 5.41) is 4.31. The van der Waals surface area contributed by atoms with Crippen molar-refractivity contribution in [2.45, 2.75) is 0 Å². The summed E-state index contributed by atoms with van der Waals surface area (Å²) in [6.07, 6.45) is 5.20. The normalized spacial score (nSPS) is 12.1. The summed E-state index contributed by atoms with van der Waals surface area (Å²) in [5.41, 5.74) is 1.64. The molecule has 0 aliphatic heterocycles. The maximum Gasteiger partial charge on any atom is 0.291 e. The van der Waals surface area contributed by atoms with Crippen molar-refractivity contribution in [3.05, 3.63) is 73.7 Å². The number of aromatic nitrogens is 4. The highest BCUT2D eigenvalue weighted by Gasteiger charge is 2.11. The Hall–Kier alpha value is -2.38. The van der Waals surface area contributed by atoms with Crippen LogP contribution in [-0.2, 0) is 0 Å². The van der Waals surface area contributed by atoms with Gasteiger partial charge in [0.2, 0.25) is 4.96 Å². The molecular formula is C16H9BrN4OS. The predicted octanol–water partition coefficient (Wildman–Crippen LogP) is 2.52. The van der Waals surface area contributed by atoms with Crippen molar-refractivity contribution < 1.29 is 0 Å². The Morgan fingerprint density at radius 3 is 2.74 bits per heavy atom. The van der Waals surface area contributed by atoms with E-state index in [-0.39, 0.29) is 5.56 Å². The molecule has 0 fully saturated rings. The topological polar surface area (TPSA) is 60.2 Å². The number of nitrogens with zero attached hydrogens (tertiary/aromatic N) is 4. The first kappa shape index (κ1) is 14.2. The summed E-state index contributed by atoms with van der Waals surface area (Å²) >= 11 is 4.76. The van der Waals surface area contributed by atoms with Crippen molar-refractivity contribution in [3.8, 4) is 11.4 Å². The summed E-state index contributed by atoms with van der Waals surface area (Å²) in [4.78, 5) is 21.5. The minimum Gasteiger partial charge on any atom is -0.266 e. The molecule has 0 radical (unpaired) electrons. The Morgan fingerprint density at radius 2 is 2.00 bits per heavy atom. The van der Waals surface area contributed by atoms with Crippen molar-refractivity contribution in [2.24, 2.45) is 0 Å². The predicted molar refractivity (Wildman–Crippen MR) is 93.3 cm³/mol. The third-order valence-corrected chi connectivity index (χ3v) is 4.72. The van der Waals surface area contributed by atoms with Gasteiger partial charge in [-0.25, -0.2) is 0 Å². The second kappa shape index (κ2) is 5.68. The van der Waals surface area contributed by atoms with Crippen LogP contribution in [-0.4, -0.2) is 19.6 Å². The number of hydrogen-bond donors (Lipinski definition) is 0. The third kappa shape index (κ3) is 2.69. The molecule has 0 bridgehead atoms. The Labute approximate surface area is 143 Å². The van der Waals surface area contributed by atoms with Crippen molar-refractivity contribution >= 4 is 38.3 Å². The molecule has 5 nitrogen and oxygen atoms in total. The van der Waals surface area contributed by atoms with E-state index >= 15 is 0 Å². The van der Waals surface area contributed by atoms with E-state index in [1.54, 1.807) is 12.4 Å². The molecule has 7 heteroatoms. The molecule has 4 aromatic rings. The van der Waals surface area contributed by atoms with Gasteiger partial charge in [-0.05, 0) is 35.9 Å². The molecule has 1 aromatic carbocycles. The van der Waals surface area contributed by atoms with E-state index in [1.807, 2.05) is 42.5 Å². The second-order valence-electron chi connectivity index (χ2n) is 4.84. The maximum atomic E-state index is 12.5. The van der Waals surface area contributed by atoms with E-state index in [0.29, 0.717) is 15.3 Å². The van der Waals surface area contributed by atoms with Gasteiger partial charge in [-0.3, -0.25) is 9.78 Å². The molecule has 0 saturated carbocycles. The van der Waals surface area contributed by atoms with Gasteiger partial charge in [0.05, 0.1) is 4.53 Å². The molecular weight excluding hydrogens is 376 g/mol. The Morgan fingerprint density at radius 1 is 1.17 bits per heavy atom. The summed E-state index contributed by atoms with van der Waals surface area (Å²) in [7, 11) is 0. The molecule has 23 heavy (non-hydrogen) atoms. The molecule has 112 valence electrons. The minimum atomic E-state index is -0.155. The van der Waals surface area contributed by atoms with E-state index in [9.17, 15) is 4.79 Å². The van der Waals surface area contributed by atoms with Crippen LogP contribution in [0.4, 0.5) is 0 Å². The molecule has 4 rings (SSSR count). The highest BCUT2D eigenvalue weighted by molar-refractivity contribution is 9.10. The van der Waals surface area contributed by atoms with Crippen LogP contribution in [0.2, 0.25) is 0 Å². The number of benzene rings is 1. The van der Waals surface area contributed by atoms with Crippen molar-refractivity contribution in [1.82, 2.24) is 19.6 Å². The first-order valence-corrected chi connectivity index (χ1v) is 8.39. The van der Waals surface area contributed by atoms with Crippen LogP contribution >= 0.6 is 27.3 Å². The molecule has 0 N–H and O–H groups in total. The van der Waals surface area contributed by atoms with E-state index in [1.165, 1.54) is 15.9 Å². The van der Waals surface area contributed by atoms with E-state index < -0.39 is 0 Å². The second-order valence-corrected chi connectivity index (χ2v) is 6.76. The standard InChI is InChI=1S/C16H9BrN4OS/c17-12-3-1-2-10(8-12)9-13-15(22)21-16(23-13)19-14(20-21)11-4-6-18-7-5-11/h1-9H/b13-9-. The van der Waals surface area contributed by atoms with Gasteiger partial charge in [0.15, 0.2) is 5.82 Å². The van der Waals surface area contributed by atoms with Gasteiger partial charge in [0, 0.05) is 22.4 Å². The van der Waals surface area contributed by atoms with Gasteiger partial charge in [-0.2, -0.15) is 9.50 Å². The van der Waals surface area contributed by atoms with Crippen LogP contribution in [0.15, 0.2) is 58.1 Å². The minimum absolute atomic E-state index is 0.155. The maximum absolute atomic E-state index is 12.5. The summed E-state index contributed by atoms with van der Waals surface area (Å²) in [6, 6.07) is 11.4. The number of fused-ring (bicyclic) bond motifs is 1. The summed E-state index contributed by atoms with van der Waals surface area (Å²) in [5.74, 6) is 0.532. The number of rotatable bonds is 2. The van der Waals surface area contributed by atoms with Gasteiger partial charge in [-0.15, -0.1) is 5.10 Å². The van der Waals surface area contributed by atoms with Crippen LogP contribution in [0.25, 0.3) is 22.4 Å². The molecule has 0 atom stereocenters. The third-order valence-electron chi connectivity index (χ3n) is 3.27. The smallest absolute Gasteiger partial charge is 0.266 e. The molecule has 0 amide bonds. The quantitative estimate of drug-likeness (QED) is 0.532. The zero-order valence-corrected chi connectivity index (χ0v) is 14.1. The van der Waals surface area contributed by atoms with Gasteiger partial charge in [0.1, 0.15) is 0 Å². The summed E-state index contributed by atoms with van der Waals surface area (Å²) < 4.78 is 2.93. The number of hydrogen-bond acceptors (Lipinski definition) is 5. The van der Waals surface area contributed by atoms with E-state index in [2.05, 4.69) is 31.0 Å². The molecule has 0 unspecified atom stereocenters. The lowest BCUT2D eigenvalue weighted by Gasteiger charge is -1.92. The van der Waals surface area contributed by atoms with Crippen molar-refractivity contribution in [2.75, 3.05) is 0 Å². The highest BCUT2D eigenvalue weighted by Crippen LogP contribution is 2.15. The lowest BCUT2D eigenvalue weighted by molar-refractivity contribution is 0.936. The monoisotopic (exact) mass is 384 g/mol. The Kier molecular flexibility index (Phi) is 3.51. The summed E-state index contributed by atoms with van der Waals surface area (Å²) in [6.45, 7) is 0. The Balaban J connectivity index is 1.84. The van der Waals surface area contributed by atoms with Crippen LogP contribution in [0.1, 0.15) is 5.56 Å². The Bertz CT molecular complexity index is 1100. The molecule has 3 aromatic heterocycles. The molecule has 3 heterocycles. The van der Waals surface area contributed by atoms with Gasteiger partial charge in [0.25, 0.3) is 5.56 Å². The van der Waals surface area contributed by atoms with Gasteiger partial charge >= 0.3 is 0 Å². The fourth-order valence-corrected chi connectivity index (χ4v) is 3.53. The first-order chi connectivity index (χ1) is 11.2.